The Morgan fingerprint density at radius 1 is 1.04 bits per heavy atom. The number of aromatic nitrogens is 1. The van der Waals surface area contributed by atoms with E-state index in [0.717, 1.165) is 11.3 Å². The minimum absolute atomic E-state index is 0.200. The number of anilines is 1. The third-order valence-electron chi connectivity index (χ3n) is 3.53. The van der Waals surface area contributed by atoms with Crippen molar-refractivity contribution in [2.24, 2.45) is 0 Å². The molecule has 1 aromatic heterocycles. The fourth-order valence-electron chi connectivity index (χ4n) is 2.33. The van der Waals surface area contributed by atoms with Gasteiger partial charge in [0.2, 0.25) is 0 Å². The number of nitrogens with one attached hydrogen (secondary N) is 1. The zero-order chi connectivity index (χ0) is 17.8. The second-order valence-electron chi connectivity index (χ2n) is 5.74. The normalized spacial score (nSPS) is 10.4. The number of pyridine rings is 1. The zero-order valence-electron chi connectivity index (χ0n) is 13.9. The van der Waals surface area contributed by atoms with Crippen LogP contribution in [0.5, 0.6) is 11.5 Å². The molecule has 0 spiro atoms. The Morgan fingerprint density at radius 2 is 1.88 bits per heavy atom. The molecule has 0 saturated heterocycles. The third-order valence-corrected chi connectivity index (χ3v) is 3.75. The van der Waals surface area contributed by atoms with Crippen molar-refractivity contribution in [2.45, 2.75) is 13.8 Å². The summed E-state index contributed by atoms with van der Waals surface area (Å²) in [5.74, 6) is 0.926. The summed E-state index contributed by atoms with van der Waals surface area (Å²) in [6.45, 7) is 3.85. The van der Waals surface area contributed by atoms with Crippen LogP contribution in [0, 0.1) is 13.8 Å². The van der Waals surface area contributed by atoms with Crippen LogP contribution in [-0.4, -0.2) is 10.9 Å². The van der Waals surface area contributed by atoms with E-state index >= 15 is 0 Å². The molecule has 1 N–H and O–H groups in total. The lowest BCUT2D eigenvalue weighted by atomic mass is 10.1. The van der Waals surface area contributed by atoms with Crippen LogP contribution in [0.15, 0.2) is 60.8 Å². The molecule has 0 aliphatic heterocycles. The summed E-state index contributed by atoms with van der Waals surface area (Å²) in [5.41, 5.74) is 3.08. The van der Waals surface area contributed by atoms with Crippen LogP contribution < -0.4 is 10.1 Å². The molecule has 1 amide bonds. The number of hydrogen-bond acceptors (Lipinski definition) is 3. The van der Waals surface area contributed by atoms with Gasteiger partial charge in [0.15, 0.2) is 0 Å². The first-order valence-corrected chi connectivity index (χ1v) is 8.16. The van der Waals surface area contributed by atoms with Crippen LogP contribution in [0.3, 0.4) is 0 Å². The lowest BCUT2D eigenvalue weighted by molar-refractivity contribution is 0.102. The van der Waals surface area contributed by atoms with Crippen molar-refractivity contribution in [1.29, 1.82) is 0 Å². The third kappa shape index (κ3) is 4.58. The molecule has 0 aliphatic rings. The second kappa shape index (κ2) is 7.36. The van der Waals surface area contributed by atoms with Gasteiger partial charge in [0.1, 0.15) is 11.5 Å². The Kier molecular flexibility index (Phi) is 5.00. The van der Waals surface area contributed by atoms with Gasteiger partial charge in [-0.2, -0.15) is 0 Å². The van der Waals surface area contributed by atoms with Crippen LogP contribution >= 0.6 is 11.6 Å². The molecule has 0 unspecified atom stereocenters. The summed E-state index contributed by atoms with van der Waals surface area (Å²) >= 11 is 6.15. The van der Waals surface area contributed by atoms with E-state index in [1.165, 1.54) is 0 Å². The topological polar surface area (TPSA) is 51.2 Å². The highest BCUT2D eigenvalue weighted by molar-refractivity contribution is 6.31. The summed E-state index contributed by atoms with van der Waals surface area (Å²) in [6, 6.07) is 16.2. The lowest BCUT2D eigenvalue weighted by Crippen LogP contribution is -2.12. The van der Waals surface area contributed by atoms with Crippen LogP contribution in [-0.2, 0) is 0 Å². The smallest absolute Gasteiger partial charge is 0.255 e. The summed E-state index contributed by atoms with van der Waals surface area (Å²) in [4.78, 5) is 16.6. The first kappa shape index (κ1) is 17.0. The summed E-state index contributed by atoms with van der Waals surface area (Å²) in [6.07, 6.45) is 1.64. The van der Waals surface area contributed by atoms with E-state index in [0.29, 0.717) is 27.8 Å². The van der Waals surface area contributed by atoms with E-state index in [1.807, 2.05) is 44.2 Å². The SMILES string of the molecule is Cc1cccc(C(=O)Nc2cc(Cl)cc(Oc3ccc(C)nc3)c2)c1. The first-order valence-electron chi connectivity index (χ1n) is 7.79. The van der Waals surface area contributed by atoms with Gasteiger partial charge in [-0.05, 0) is 50.2 Å². The van der Waals surface area contributed by atoms with E-state index in [9.17, 15) is 4.79 Å². The van der Waals surface area contributed by atoms with Gasteiger partial charge >= 0.3 is 0 Å². The van der Waals surface area contributed by atoms with Crippen molar-refractivity contribution in [3.8, 4) is 11.5 Å². The van der Waals surface area contributed by atoms with E-state index in [1.54, 1.807) is 30.5 Å². The summed E-state index contributed by atoms with van der Waals surface area (Å²) in [5, 5.41) is 3.31. The molecule has 4 nitrogen and oxygen atoms in total. The highest BCUT2D eigenvalue weighted by Gasteiger charge is 2.09. The van der Waals surface area contributed by atoms with E-state index < -0.39 is 0 Å². The molecular formula is C20H17ClN2O2. The molecule has 0 saturated carbocycles. The van der Waals surface area contributed by atoms with Crippen molar-refractivity contribution >= 4 is 23.2 Å². The van der Waals surface area contributed by atoms with Crippen molar-refractivity contribution in [3.05, 3.63) is 82.6 Å². The molecule has 1 heterocycles. The summed E-state index contributed by atoms with van der Waals surface area (Å²) in [7, 11) is 0. The fraction of sp³-hybridized carbons (Fsp3) is 0.100. The maximum absolute atomic E-state index is 12.4. The molecule has 126 valence electrons. The van der Waals surface area contributed by atoms with Gasteiger partial charge in [-0.3, -0.25) is 9.78 Å². The predicted molar refractivity (Wildman–Crippen MR) is 99.6 cm³/mol. The molecule has 3 aromatic rings. The lowest BCUT2D eigenvalue weighted by Gasteiger charge is -2.10. The molecule has 0 bridgehead atoms. The van der Waals surface area contributed by atoms with E-state index in [4.69, 9.17) is 16.3 Å². The van der Waals surface area contributed by atoms with Gasteiger partial charge in [0, 0.05) is 28.0 Å². The average Bonchev–Trinajstić information content (AvgIpc) is 2.56. The minimum Gasteiger partial charge on any atom is -0.456 e. The van der Waals surface area contributed by atoms with Gasteiger partial charge in [-0.1, -0.05) is 29.3 Å². The molecular weight excluding hydrogens is 336 g/mol. The molecule has 2 aromatic carbocycles. The van der Waals surface area contributed by atoms with Crippen LogP contribution in [0.25, 0.3) is 0 Å². The molecule has 25 heavy (non-hydrogen) atoms. The van der Waals surface area contributed by atoms with E-state index in [2.05, 4.69) is 10.3 Å². The quantitative estimate of drug-likeness (QED) is 0.684. The Bertz CT molecular complexity index is 908. The molecule has 0 radical (unpaired) electrons. The number of carbonyl (C=O) groups excluding carboxylic acids is 1. The largest absolute Gasteiger partial charge is 0.456 e. The predicted octanol–water partition coefficient (Wildman–Crippen LogP) is 5.40. The van der Waals surface area contributed by atoms with Crippen LogP contribution in [0.4, 0.5) is 5.69 Å². The average molecular weight is 353 g/mol. The highest BCUT2D eigenvalue weighted by atomic mass is 35.5. The Hall–Kier alpha value is -2.85. The van der Waals surface area contributed by atoms with Crippen LogP contribution in [0.1, 0.15) is 21.6 Å². The van der Waals surface area contributed by atoms with Crippen molar-refractivity contribution in [2.75, 3.05) is 5.32 Å². The number of benzene rings is 2. The van der Waals surface area contributed by atoms with Crippen LogP contribution in [0.2, 0.25) is 5.02 Å². The fourth-order valence-corrected chi connectivity index (χ4v) is 2.56. The van der Waals surface area contributed by atoms with Crippen molar-refractivity contribution in [1.82, 2.24) is 4.98 Å². The Balaban J connectivity index is 1.79. The maximum Gasteiger partial charge on any atom is 0.255 e. The van der Waals surface area contributed by atoms with Gasteiger partial charge in [-0.25, -0.2) is 0 Å². The first-order chi connectivity index (χ1) is 12.0. The minimum atomic E-state index is -0.200. The second-order valence-corrected chi connectivity index (χ2v) is 6.17. The molecule has 0 atom stereocenters. The monoisotopic (exact) mass is 352 g/mol. The van der Waals surface area contributed by atoms with Gasteiger partial charge in [0.25, 0.3) is 5.91 Å². The van der Waals surface area contributed by atoms with Crippen molar-refractivity contribution in [3.63, 3.8) is 0 Å². The Morgan fingerprint density at radius 3 is 2.60 bits per heavy atom. The number of ether oxygens (including phenoxy) is 1. The Labute approximate surface area is 151 Å². The number of hydrogen-bond donors (Lipinski definition) is 1. The molecule has 0 fully saturated rings. The van der Waals surface area contributed by atoms with E-state index in [-0.39, 0.29) is 5.91 Å². The molecule has 0 aliphatic carbocycles. The van der Waals surface area contributed by atoms with Gasteiger partial charge < -0.3 is 10.1 Å². The number of aryl methyl sites for hydroxylation is 2. The number of halogens is 1. The zero-order valence-corrected chi connectivity index (χ0v) is 14.7. The maximum atomic E-state index is 12.4. The standard InChI is InChI=1S/C20H17ClN2O2/c1-13-4-3-5-15(8-13)20(24)23-17-9-16(21)10-19(11-17)25-18-7-6-14(2)22-12-18/h3-12H,1-2H3,(H,23,24). The van der Waals surface area contributed by atoms with Crippen molar-refractivity contribution < 1.29 is 9.53 Å². The molecule has 3 rings (SSSR count). The highest BCUT2D eigenvalue weighted by Crippen LogP contribution is 2.28. The molecule has 5 heteroatoms. The number of amides is 1. The summed E-state index contributed by atoms with van der Waals surface area (Å²) < 4.78 is 5.76. The van der Waals surface area contributed by atoms with Gasteiger partial charge in [-0.15, -0.1) is 0 Å². The number of carbonyl (C=O) groups is 1. The number of rotatable bonds is 4. The van der Waals surface area contributed by atoms with Gasteiger partial charge in [0.05, 0.1) is 6.20 Å². The number of nitrogens with zero attached hydrogens (tertiary/aromatic N) is 1.